The average molecular weight is 228 g/mol. The molecule has 0 unspecified atom stereocenters. The second kappa shape index (κ2) is 5.82. The molecular formula is C10H16N2O2S. The highest BCUT2D eigenvalue weighted by molar-refractivity contribution is 7.09. The van der Waals surface area contributed by atoms with E-state index in [-0.39, 0.29) is 12.0 Å². The van der Waals surface area contributed by atoms with Crippen LogP contribution in [0.1, 0.15) is 42.4 Å². The van der Waals surface area contributed by atoms with Crippen molar-refractivity contribution in [2.45, 2.75) is 26.9 Å². The molecule has 15 heavy (non-hydrogen) atoms. The van der Waals surface area contributed by atoms with Crippen molar-refractivity contribution in [2.75, 3.05) is 13.2 Å². The summed E-state index contributed by atoms with van der Waals surface area (Å²) in [7, 11) is 0. The van der Waals surface area contributed by atoms with Crippen LogP contribution in [0.25, 0.3) is 0 Å². The van der Waals surface area contributed by atoms with E-state index >= 15 is 0 Å². The molecule has 4 nitrogen and oxygen atoms in total. The fourth-order valence-electron chi connectivity index (χ4n) is 1.15. The summed E-state index contributed by atoms with van der Waals surface area (Å²) in [4.78, 5) is 15.7. The maximum Gasteiger partial charge on any atom is 0.270 e. The summed E-state index contributed by atoms with van der Waals surface area (Å²) in [5.74, 6) is -0.122. The number of hydrogen-bond acceptors (Lipinski definition) is 4. The Morgan fingerprint density at radius 3 is 3.00 bits per heavy atom. The Balaban J connectivity index is 2.67. The lowest BCUT2D eigenvalue weighted by Gasteiger charge is -2.06. The second-order valence-electron chi connectivity index (χ2n) is 3.03. The SMILES string of the molecule is CCNC(=O)c1csc([C@@H](C)OCC)n1. The van der Waals surface area contributed by atoms with E-state index in [2.05, 4.69) is 10.3 Å². The van der Waals surface area contributed by atoms with E-state index in [9.17, 15) is 4.79 Å². The van der Waals surface area contributed by atoms with E-state index in [1.54, 1.807) is 5.38 Å². The van der Waals surface area contributed by atoms with Gasteiger partial charge in [-0.2, -0.15) is 0 Å². The van der Waals surface area contributed by atoms with Crippen molar-refractivity contribution in [1.82, 2.24) is 10.3 Å². The zero-order chi connectivity index (χ0) is 11.3. The van der Waals surface area contributed by atoms with E-state index in [1.807, 2.05) is 20.8 Å². The molecule has 0 aliphatic rings. The van der Waals surface area contributed by atoms with Crippen molar-refractivity contribution < 1.29 is 9.53 Å². The van der Waals surface area contributed by atoms with Gasteiger partial charge in [-0.25, -0.2) is 4.98 Å². The third-order valence-corrected chi connectivity index (χ3v) is 2.86. The summed E-state index contributed by atoms with van der Waals surface area (Å²) >= 11 is 1.45. The highest BCUT2D eigenvalue weighted by Crippen LogP contribution is 2.20. The first-order valence-electron chi connectivity index (χ1n) is 5.04. The molecule has 5 heteroatoms. The van der Waals surface area contributed by atoms with Crippen LogP contribution in [0.15, 0.2) is 5.38 Å². The van der Waals surface area contributed by atoms with Gasteiger partial charge in [0, 0.05) is 18.5 Å². The number of aromatic nitrogens is 1. The van der Waals surface area contributed by atoms with Crippen molar-refractivity contribution in [3.05, 3.63) is 16.1 Å². The van der Waals surface area contributed by atoms with Crippen LogP contribution in [-0.2, 0) is 4.74 Å². The molecular weight excluding hydrogens is 212 g/mol. The number of carbonyl (C=O) groups is 1. The van der Waals surface area contributed by atoms with Crippen LogP contribution in [-0.4, -0.2) is 24.0 Å². The molecule has 0 spiro atoms. The predicted octanol–water partition coefficient (Wildman–Crippen LogP) is 1.99. The maximum atomic E-state index is 11.4. The van der Waals surface area contributed by atoms with Gasteiger partial charge in [-0.05, 0) is 20.8 Å². The molecule has 0 fully saturated rings. The summed E-state index contributed by atoms with van der Waals surface area (Å²) in [5, 5.41) is 5.32. The van der Waals surface area contributed by atoms with Gasteiger partial charge in [0.2, 0.25) is 0 Å². The highest BCUT2D eigenvalue weighted by atomic mass is 32.1. The normalized spacial score (nSPS) is 12.5. The predicted molar refractivity (Wildman–Crippen MR) is 60.2 cm³/mol. The zero-order valence-electron chi connectivity index (χ0n) is 9.24. The lowest BCUT2D eigenvalue weighted by atomic mass is 10.4. The van der Waals surface area contributed by atoms with E-state index in [4.69, 9.17) is 4.74 Å². The van der Waals surface area contributed by atoms with Gasteiger partial charge < -0.3 is 10.1 Å². The number of nitrogens with zero attached hydrogens (tertiary/aromatic N) is 1. The van der Waals surface area contributed by atoms with Gasteiger partial charge in [-0.15, -0.1) is 11.3 Å². The standard InChI is InChI=1S/C10H16N2O2S/c1-4-11-9(13)8-6-15-10(12-8)7(3)14-5-2/h6-7H,4-5H2,1-3H3,(H,11,13)/t7-/m1/s1. The van der Waals surface area contributed by atoms with E-state index in [1.165, 1.54) is 11.3 Å². The molecule has 0 aliphatic heterocycles. The molecule has 0 saturated heterocycles. The summed E-state index contributed by atoms with van der Waals surface area (Å²) < 4.78 is 5.40. The second-order valence-corrected chi connectivity index (χ2v) is 3.92. The van der Waals surface area contributed by atoms with Crippen LogP contribution in [0, 0.1) is 0 Å². The number of carbonyl (C=O) groups excluding carboxylic acids is 1. The van der Waals surface area contributed by atoms with E-state index in [0.29, 0.717) is 18.8 Å². The molecule has 84 valence electrons. The first-order chi connectivity index (χ1) is 7.19. The smallest absolute Gasteiger partial charge is 0.270 e. The third kappa shape index (κ3) is 3.28. The van der Waals surface area contributed by atoms with Gasteiger partial charge in [-0.3, -0.25) is 4.79 Å². The van der Waals surface area contributed by atoms with Crippen LogP contribution in [0.4, 0.5) is 0 Å². The Kier molecular flexibility index (Phi) is 4.71. The number of rotatable bonds is 5. The maximum absolute atomic E-state index is 11.4. The van der Waals surface area contributed by atoms with Gasteiger partial charge in [0.1, 0.15) is 16.8 Å². The molecule has 1 amide bonds. The Labute approximate surface area is 93.7 Å². The van der Waals surface area contributed by atoms with Gasteiger partial charge in [0.25, 0.3) is 5.91 Å². The quantitative estimate of drug-likeness (QED) is 0.838. The van der Waals surface area contributed by atoms with Gasteiger partial charge in [0.05, 0.1) is 0 Å². The summed E-state index contributed by atoms with van der Waals surface area (Å²) in [6.45, 7) is 7.02. The number of hydrogen-bond donors (Lipinski definition) is 1. The lowest BCUT2D eigenvalue weighted by Crippen LogP contribution is -2.23. The van der Waals surface area contributed by atoms with Crippen LogP contribution in [0.5, 0.6) is 0 Å². The Bertz CT molecular complexity index is 325. The van der Waals surface area contributed by atoms with Gasteiger partial charge >= 0.3 is 0 Å². The summed E-state index contributed by atoms with van der Waals surface area (Å²) in [6, 6.07) is 0. The number of thiazole rings is 1. The van der Waals surface area contributed by atoms with Gasteiger partial charge in [0.15, 0.2) is 0 Å². The van der Waals surface area contributed by atoms with Crippen molar-refractivity contribution in [2.24, 2.45) is 0 Å². The third-order valence-electron chi connectivity index (χ3n) is 1.86. The monoisotopic (exact) mass is 228 g/mol. The number of amides is 1. The molecule has 0 aromatic carbocycles. The molecule has 0 radical (unpaired) electrons. The van der Waals surface area contributed by atoms with Crippen molar-refractivity contribution in [1.29, 1.82) is 0 Å². The van der Waals surface area contributed by atoms with Crippen molar-refractivity contribution in [3.8, 4) is 0 Å². The lowest BCUT2D eigenvalue weighted by molar-refractivity contribution is 0.0759. The van der Waals surface area contributed by atoms with Crippen LogP contribution >= 0.6 is 11.3 Å². The Morgan fingerprint density at radius 2 is 2.40 bits per heavy atom. The molecule has 1 aromatic heterocycles. The summed E-state index contributed by atoms with van der Waals surface area (Å²) in [6.07, 6.45) is -0.0387. The molecule has 0 bridgehead atoms. The molecule has 1 aromatic rings. The van der Waals surface area contributed by atoms with Crippen LogP contribution in [0.2, 0.25) is 0 Å². The van der Waals surface area contributed by atoms with E-state index < -0.39 is 0 Å². The number of nitrogens with one attached hydrogen (secondary N) is 1. The van der Waals surface area contributed by atoms with Gasteiger partial charge in [-0.1, -0.05) is 0 Å². The van der Waals surface area contributed by atoms with E-state index in [0.717, 1.165) is 5.01 Å². The molecule has 0 saturated carbocycles. The average Bonchev–Trinajstić information content (AvgIpc) is 2.67. The molecule has 1 atom stereocenters. The van der Waals surface area contributed by atoms with Crippen LogP contribution in [0.3, 0.4) is 0 Å². The minimum Gasteiger partial charge on any atom is -0.372 e. The Morgan fingerprint density at radius 1 is 1.67 bits per heavy atom. The molecule has 0 aliphatic carbocycles. The van der Waals surface area contributed by atoms with Crippen molar-refractivity contribution >= 4 is 17.2 Å². The fourth-order valence-corrected chi connectivity index (χ4v) is 1.95. The molecule has 1 N–H and O–H groups in total. The van der Waals surface area contributed by atoms with Crippen molar-refractivity contribution in [3.63, 3.8) is 0 Å². The zero-order valence-corrected chi connectivity index (χ0v) is 10.1. The minimum absolute atomic E-state index is 0.0387. The number of ether oxygens (including phenoxy) is 1. The Hall–Kier alpha value is -0.940. The first-order valence-corrected chi connectivity index (χ1v) is 5.92. The largest absolute Gasteiger partial charge is 0.372 e. The van der Waals surface area contributed by atoms with Crippen LogP contribution < -0.4 is 5.32 Å². The topological polar surface area (TPSA) is 51.2 Å². The molecule has 1 heterocycles. The summed E-state index contributed by atoms with van der Waals surface area (Å²) in [5.41, 5.74) is 0.475. The highest BCUT2D eigenvalue weighted by Gasteiger charge is 2.13. The fraction of sp³-hybridized carbons (Fsp3) is 0.600. The first kappa shape index (κ1) is 12.1. The molecule has 1 rings (SSSR count). The minimum atomic E-state index is -0.122.